The van der Waals surface area contributed by atoms with Gasteiger partial charge in [-0.3, -0.25) is 0 Å². The Morgan fingerprint density at radius 1 is 1.38 bits per heavy atom. The van der Waals surface area contributed by atoms with Gasteiger partial charge in [0.05, 0.1) is 6.10 Å². The van der Waals surface area contributed by atoms with E-state index < -0.39 is 0 Å². The lowest BCUT2D eigenvalue weighted by atomic mass is 10.2. The molecule has 1 atom stereocenters. The van der Waals surface area contributed by atoms with Gasteiger partial charge < -0.3 is 10.0 Å². The van der Waals surface area contributed by atoms with Crippen LogP contribution >= 0.6 is 0 Å². The van der Waals surface area contributed by atoms with E-state index in [9.17, 15) is 9.50 Å². The standard InChI is InChI=1S/C13H18FNO/c1-2-15(9-13(16)10-3-4-10)12-7-5-11(14)6-8-12/h5-8,10,13,16H,2-4,9H2,1H3. The third-order valence-corrected chi connectivity index (χ3v) is 3.15. The van der Waals surface area contributed by atoms with Crippen molar-refractivity contribution in [2.75, 3.05) is 18.0 Å². The number of hydrogen-bond donors (Lipinski definition) is 1. The van der Waals surface area contributed by atoms with Crippen molar-refractivity contribution in [3.05, 3.63) is 30.1 Å². The molecule has 1 aliphatic rings. The van der Waals surface area contributed by atoms with E-state index in [4.69, 9.17) is 0 Å². The van der Waals surface area contributed by atoms with Crippen molar-refractivity contribution in [3.63, 3.8) is 0 Å². The van der Waals surface area contributed by atoms with Gasteiger partial charge in [0, 0.05) is 18.8 Å². The van der Waals surface area contributed by atoms with E-state index in [1.807, 2.05) is 6.92 Å². The molecule has 2 rings (SSSR count). The fraction of sp³-hybridized carbons (Fsp3) is 0.538. The predicted molar refractivity (Wildman–Crippen MR) is 63.0 cm³/mol. The van der Waals surface area contributed by atoms with E-state index in [0.29, 0.717) is 12.5 Å². The highest BCUT2D eigenvalue weighted by atomic mass is 19.1. The number of aliphatic hydroxyl groups excluding tert-OH is 1. The van der Waals surface area contributed by atoms with Crippen LogP contribution in [0.3, 0.4) is 0 Å². The van der Waals surface area contributed by atoms with Gasteiger partial charge in [-0.05, 0) is 49.9 Å². The van der Waals surface area contributed by atoms with E-state index >= 15 is 0 Å². The summed E-state index contributed by atoms with van der Waals surface area (Å²) in [5.41, 5.74) is 0.976. The third kappa shape index (κ3) is 2.73. The topological polar surface area (TPSA) is 23.5 Å². The summed E-state index contributed by atoms with van der Waals surface area (Å²) in [4.78, 5) is 2.09. The zero-order chi connectivity index (χ0) is 11.5. The molecule has 88 valence electrons. The molecule has 2 nitrogen and oxygen atoms in total. The summed E-state index contributed by atoms with van der Waals surface area (Å²) in [5, 5.41) is 9.89. The summed E-state index contributed by atoms with van der Waals surface area (Å²) in [7, 11) is 0. The molecule has 16 heavy (non-hydrogen) atoms. The Bertz CT molecular complexity index is 334. The van der Waals surface area contributed by atoms with Crippen LogP contribution < -0.4 is 4.90 Å². The van der Waals surface area contributed by atoms with Crippen molar-refractivity contribution in [1.29, 1.82) is 0 Å². The molecule has 1 N–H and O–H groups in total. The summed E-state index contributed by atoms with van der Waals surface area (Å²) < 4.78 is 12.8. The largest absolute Gasteiger partial charge is 0.391 e. The van der Waals surface area contributed by atoms with Crippen LogP contribution in [0.25, 0.3) is 0 Å². The Morgan fingerprint density at radius 2 is 2.00 bits per heavy atom. The Balaban J connectivity index is 2.00. The average molecular weight is 223 g/mol. The zero-order valence-electron chi connectivity index (χ0n) is 9.56. The minimum absolute atomic E-state index is 0.220. The summed E-state index contributed by atoms with van der Waals surface area (Å²) in [6.07, 6.45) is 2.04. The van der Waals surface area contributed by atoms with E-state index in [2.05, 4.69) is 4.90 Å². The quantitative estimate of drug-likeness (QED) is 0.828. The maximum Gasteiger partial charge on any atom is 0.123 e. The molecule has 0 heterocycles. The molecule has 0 aliphatic heterocycles. The van der Waals surface area contributed by atoms with Crippen molar-refractivity contribution in [2.45, 2.75) is 25.9 Å². The monoisotopic (exact) mass is 223 g/mol. The van der Waals surface area contributed by atoms with Crippen molar-refractivity contribution in [3.8, 4) is 0 Å². The maximum atomic E-state index is 12.8. The van der Waals surface area contributed by atoms with E-state index in [1.165, 1.54) is 12.1 Å². The average Bonchev–Trinajstić information content (AvgIpc) is 3.11. The van der Waals surface area contributed by atoms with Crippen molar-refractivity contribution in [1.82, 2.24) is 0 Å². The second-order valence-electron chi connectivity index (χ2n) is 4.42. The minimum atomic E-state index is -0.245. The molecule has 0 bridgehead atoms. The fourth-order valence-corrected chi connectivity index (χ4v) is 1.92. The lowest BCUT2D eigenvalue weighted by molar-refractivity contribution is 0.157. The van der Waals surface area contributed by atoms with Gasteiger partial charge >= 0.3 is 0 Å². The fourth-order valence-electron chi connectivity index (χ4n) is 1.92. The number of benzene rings is 1. The lowest BCUT2D eigenvalue weighted by Gasteiger charge is -2.25. The molecule has 0 spiro atoms. The summed E-state index contributed by atoms with van der Waals surface area (Å²) in [6, 6.07) is 6.44. The summed E-state index contributed by atoms with van der Waals surface area (Å²) in [6.45, 7) is 3.52. The number of aliphatic hydroxyl groups is 1. The maximum absolute atomic E-state index is 12.8. The summed E-state index contributed by atoms with van der Waals surface area (Å²) >= 11 is 0. The highest BCUT2D eigenvalue weighted by Crippen LogP contribution is 2.33. The Morgan fingerprint density at radius 3 is 2.50 bits per heavy atom. The smallest absolute Gasteiger partial charge is 0.123 e. The molecule has 1 fully saturated rings. The van der Waals surface area contributed by atoms with E-state index in [-0.39, 0.29) is 11.9 Å². The van der Waals surface area contributed by atoms with Gasteiger partial charge in [-0.15, -0.1) is 0 Å². The molecule has 1 aromatic carbocycles. The number of rotatable bonds is 5. The first-order valence-corrected chi connectivity index (χ1v) is 5.89. The van der Waals surface area contributed by atoms with Crippen LogP contribution in [-0.2, 0) is 0 Å². The first kappa shape index (κ1) is 11.4. The van der Waals surface area contributed by atoms with Crippen molar-refractivity contribution < 1.29 is 9.50 Å². The highest BCUT2D eigenvalue weighted by molar-refractivity contribution is 5.46. The van der Waals surface area contributed by atoms with Crippen molar-refractivity contribution in [2.24, 2.45) is 5.92 Å². The number of anilines is 1. The van der Waals surface area contributed by atoms with Gasteiger partial charge in [0.25, 0.3) is 0 Å². The molecule has 1 unspecified atom stereocenters. The third-order valence-electron chi connectivity index (χ3n) is 3.15. The second-order valence-corrected chi connectivity index (χ2v) is 4.42. The van der Waals surface area contributed by atoms with E-state index in [1.54, 1.807) is 12.1 Å². The number of halogens is 1. The molecule has 0 aromatic heterocycles. The van der Waals surface area contributed by atoms with Gasteiger partial charge in [0.1, 0.15) is 5.82 Å². The van der Waals surface area contributed by atoms with Crippen LogP contribution in [0.2, 0.25) is 0 Å². The molecule has 0 amide bonds. The molecule has 1 aliphatic carbocycles. The molecule has 1 saturated carbocycles. The Labute approximate surface area is 95.7 Å². The SMILES string of the molecule is CCN(CC(O)C1CC1)c1ccc(F)cc1. The van der Waals surface area contributed by atoms with Crippen LogP contribution in [0, 0.1) is 11.7 Å². The van der Waals surface area contributed by atoms with Crippen molar-refractivity contribution >= 4 is 5.69 Å². The Kier molecular flexibility index (Phi) is 3.44. The van der Waals surface area contributed by atoms with Crippen LogP contribution in [0.1, 0.15) is 19.8 Å². The van der Waals surface area contributed by atoms with Crippen LogP contribution in [-0.4, -0.2) is 24.3 Å². The van der Waals surface area contributed by atoms with E-state index in [0.717, 1.165) is 25.1 Å². The zero-order valence-corrected chi connectivity index (χ0v) is 9.56. The molecule has 0 saturated heterocycles. The first-order valence-electron chi connectivity index (χ1n) is 5.89. The molecular weight excluding hydrogens is 205 g/mol. The van der Waals surface area contributed by atoms with Gasteiger partial charge in [-0.1, -0.05) is 0 Å². The predicted octanol–water partition coefficient (Wildman–Crippen LogP) is 2.42. The number of likely N-dealkylation sites (N-methyl/N-ethyl adjacent to an activating group) is 1. The lowest BCUT2D eigenvalue weighted by Crippen LogP contribution is -2.33. The van der Waals surface area contributed by atoms with Crippen LogP contribution in [0.15, 0.2) is 24.3 Å². The minimum Gasteiger partial charge on any atom is -0.391 e. The number of nitrogens with zero attached hydrogens (tertiary/aromatic N) is 1. The van der Waals surface area contributed by atoms with Gasteiger partial charge in [0.15, 0.2) is 0 Å². The van der Waals surface area contributed by atoms with Gasteiger partial charge in [0.2, 0.25) is 0 Å². The molecule has 1 aromatic rings. The molecule has 0 radical (unpaired) electrons. The van der Waals surface area contributed by atoms with Crippen LogP contribution in [0.4, 0.5) is 10.1 Å². The molecular formula is C13H18FNO. The number of hydrogen-bond acceptors (Lipinski definition) is 2. The van der Waals surface area contributed by atoms with Crippen LogP contribution in [0.5, 0.6) is 0 Å². The second kappa shape index (κ2) is 4.83. The van der Waals surface area contributed by atoms with Gasteiger partial charge in [-0.2, -0.15) is 0 Å². The normalized spacial score (nSPS) is 17.2. The van der Waals surface area contributed by atoms with Gasteiger partial charge in [-0.25, -0.2) is 4.39 Å². The molecule has 3 heteroatoms. The highest BCUT2D eigenvalue weighted by Gasteiger charge is 2.30. The summed E-state index contributed by atoms with van der Waals surface area (Å²) in [5.74, 6) is 0.261. The Hall–Kier alpha value is -1.09. The first-order chi connectivity index (χ1) is 7.70.